The number of H-pyrrole nitrogens is 1. The van der Waals surface area contributed by atoms with E-state index >= 15 is 0 Å². The Hall–Kier alpha value is -4.65. The van der Waals surface area contributed by atoms with Crippen LogP contribution < -0.4 is 4.98 Å². The molecular formula is C32H22N2+2. The van der Waals surface area contributed by atoms with Crippen molar-refractivity contribution in [1.82, 2.24) is 0 Å². The van der Waals surface area contributed by atoms with Crippen LogP contribution in [-0.4, -0.2) is 5.71 Å². The second kappa shape index (κ2) is 8.71. The molecule has 0 saturated heterocycles. The normalized spacial score (nSPS) is 13.0. The van der Waals surface area contributed by atoms with Crippen LogP contribution in [0.3, 0.4) is 0 Å². The molecule has 4 aromatic carbocycles. The van der Waals surface area contributed by atoms with E-state index in [1.54, 1.807) is 0 Å². The van der Waals surface area contributed by atoms with E-state index in [-0.39, 0.29) is 0 Å². The Morgan fingerprint density at radius 3 is 2.00 bits per heavy atom. The fourth-order valence-electron chi connectivity index (χ4n) is 4.35. The second-order valence-corrected chi connectivity index (χ2v) is 8.28. The molecule has 1 N–H and O–H groups in total. The number of hydrogen-bond acceptors (Lipinski definition) is 1. The van der Waals surface area contributed by atoms with Gasteiger partial charge in [-0.15, -0.1) is 0 Å². The number of benzene rings is 4. The summed E-state index contributed by atoms with van der Waals surface area (Å²) in [5.74, 6) is 0. The van der Waals surface area contributed by atoms with Gasteiger partial charge in [-0.2, -0.15) is 0 Å². The predicted octanol–water partition coefficient (Wildman–Crippen LogP) is 7.05. The van der Waals surface area contributed by atoms with E-state index in [4.69, 9.17) is 4.99 Å². The van der Waals surface area contributed by atoms with Crippen molar-refractivity contribution in [3.63, 3.8) is 0 Å². The van der Waals surface area contributed by atoms with E-state index in [1.165, 1.54) is 16.5 Å². The van der Waals surface area contributed by atoms with Crippen LogP contribution in [0, 0.1) is 6.08 Å². The van der Waals surface area contributed by atoms with E-state index in [1.807, 2.05) is 48.7 Å². The zero-order valence-electron chi connectivity index (χ0n) is 18.6. The molecule has 158 valence electrons. The molecule has 6 rings (SSSR count). The molecule has 0 fully saturated rings. The zero-order valence-corrected chi connectivity index (χ0v) is 18.6. The molecule has 1 aliphatic heterocycles. The van der Waals surface area contributed by atoms with E-state index in [9.17, 15) is 0 Å². The van der Waals surface area contributed by atoms with Gasteiger partial charge >= 0.3 is 0 Å². The Labute approximate surface area is 199 Å². The highest BCUT2D eigenvalue weighted by atomic mass is 14.8. The third-order valence-corrected chi connectivity index (χ3v) is 6.09. The van der Waals surface area contributed by atoms with Gasteiger partial charge in [-0.05, 0) is 60.2 Å². The summed E-state index contributed by atoms with van der Waals surface area (Å²) in [5.41, 5.74) is 9.61. The van der Waals surface area contributed by atoms with Crippen LogP contribution in [0.2, 0.25) is 0 Å². The average Bonchev–Trinajstić information content (AvgIpc) is 2.93. The van der Waals surface area contributed by atoms with Gasteiger partial charge in [0.25, 0.3) is 0 Å². The first-order chi connectivity index (χ1) is 16.8. The Balaban J connectivity index is 1.42. The monoisotopic (exact) mass is 434 g/mol. The molecule has 2 heteroatoms. The SMILES string of the molecule is [C+]1=C(c2ccccc2)N=C(c2ccccc2)C=C1c1ccc(-c2cccc3ccc[nH+]c23)cc1. The first-order valence-electron chi connectivity index (χ1n) is 11.4. The van der Waals surface area contributed by atoms with Crippen LogP contribution in [0.1, 0.15) is 16.7 Å². The number of hydrogen-bond donors (Lipinski definition) is 0. The molecule has 0 bridgehead atoms. The maximum absolute atomic E-state index is 4.94. The number of para-hydroxylation sites is 1. The molecule has 2 nitrogen and oxygen atoms in total. The summed E-state index contributed by atoms with van der Waals surface area (Å²) in [4.78, 5) is 8.34. The summed E-state index contributed by atoms with van der Waals surface area (Å²) in [6.07, 6.45) is 7.66. The van der Waals surface area contributed by atoms with Crippen molar-refractivity contribution in [2.24, 2.45) is 4.99 Å². The van der Waals surface area contributed by atoms with Gasteiger partial charge in [-0.3, -0.25) is 0 Å². The Morgan fingerprint density at radius 1 is 0.559 bits per heavy atom. The van der Waals surface area contributed by atoms with Gasteiger partial charge < -0.3 is 0 Å². The molecule has 0 saturated carbocycles. The largest absolute Gasteiger partial charge is 0.218 e. The van der Waals surface area contributed by atoms with Gasteiger partial charge in [0.1, 0.15) is 5.71 Å². The Morgan fingerprint density at radius 2 is 1.24 bits per heavy atom. The van der Waals surface area contributed by atoms with E-state index < -0.39 is 0 Å². The molecule has 0 atom stereocenters. The maximum Gasteiger partial charge on any atom is 0.218 e. The van der Waals surface area contributed by atoms with E-state index in [0.29, 0.717) is 0 Å². The third kappa shape index (κ3) is 3.84. The average molecular weight is 435 g/mol. The van der Waals surface area contributed by atoms with Gasteiger partial charge in [0.2, 0.25) is 11.2 Å². The highest BCUT2D eigenvalue weighted by Gasteiger charge is 2.21. The molecule has 2 heterocycles. The summed E-state index contributed by atoms with van der Waals surface area (Å²) >= 11 is 0. The van der Waals surface area contributed by atoms with Crippen molar-refractivity contribution in [3.05, 3.63) is 150 Å². The highest BCUT2D eigenvalue weighted by molar-refractivity contribution is 6.16. The lowest BCUT2D eigenvalue weighted by Gasteiger charge is -2.08. The minimum Gasteiger partial charge on any atom is -0.211 e. The summed E-state index contributed by atoms with van der Waals surface area (Å²) < 4.78 is 0. The van der Waals surface area contributed by atoms with Crippen molar-refractivity contribution in [1.29, 1.82) is 0 Å². The lowest BCUT2D eigenvalue weighted by Crippen LogP contribution is -2.04. The van der Waals surface area contributed by atoms with Gasteiger partial charge in [-0.25, -0.2) is 9.98 Å². The lowest BCUT2D eigenvalue weighted by atomic mass is 9.94. The van der Waals surface area contributed by atoms with Crippen molar-refractivity contribution >= 4 is 27.9 Å². The van der Waals surface area contributed by atoms with E-state index in [0.717, 1.165) is 39.2 Å². The number of rotatable bonds is 4. The molecule has 0 radical (unpaired) electrons. The highest BCUT2D eigenvalue weighted by Crippen LogP contribution is 2.31. The van der Waals surface area contributed by atoms with Crippen molar-refractivity contribution in [2.45, 2.75) is 0 Å². The van der Waals surface area contributed by atoms with Gasteiger partial charge in [0.05, 0.1) is 22.8 Å². The lowest BCUT2D eigenvalue weighted by molar-refractivity contribution is -0.344. The third-order valence-electron chi connectivity index (χ3n) is 6.09. The number of aromatic nitrogens is 1. The number of allylic oxidation sites excluding steroid dienone is 3. The first-order valence-corrected chi connectivity index (χ1v) is 11.4. The van der Waals surface area contributed by atoms with Gasteiger partial charge in [0, 0.05) is 23.1 Å². The smallest absolute Gasteiger partial charge is 0.211 e. The molecule has 1 aliphatic rings. The van der Waals surface area contributed by atoms with Crippen LogP contribution in [0.25, 0.3) is 33.3 Å². The Bertz CT molecular complexity index is 1510. The van der Waals surface area contributed by atoms with Crippen LogP contribution in [0.4, 0.5) is 0 Å². The summed E-state index contributed by atoms with van der Waals surface area (Å²) in [7, 11) is 0. The van der Waals surface area contributed by atoms with Gasteiger partial charge in [0.15, 0.2) is 11.8 Å². The topological polar surface area (TPSA) is 26.5 Å². The first kappa shape index (κ1) is 20.0. The van der Waals surface area contributed by atoms with E-state index in [2.05, 4.69) is 89.9 Å². The zero-order chi connectivity index (χ0) is 22.7. The van der Waals surface area contributed by atoms with Crippen molar-refractivity contribution in [3.8, 4) is 11.1 Å². The molecular weight excluding hydrogens is 412 g/mol. The minimum absolute atomic E-state index is 0.852. The Kier molecular flexibility index (Phi) is 5.12. The molecule has 0 spiro atoms. The number of nitrogens with zero attached hydrogens (tertiary/aromatic N) is 1. The molecule has 0 amide bonds. The molecule has 0 aliphatic carbocycles. The molecule has 0 unspecified atom stereocenters. The molecule has 1 aromatic heterocycles. The standard InChI is InChI=1S/C32H21N2/c1-3-9-25(10-4-1)30-21-28(22-31(34-30)26-11-5-2-6-12-26)23-16-18-24(19-17-23)29-15-7-13-27-14-8-20-33-32(27)29/h1-21H/q+1/p+1. The van der Waals surface area contributed by atoms with Crippen LogP contribution in [-0.2, 0) is 0 Å². The molecule has 34 heavy (non-hydrogen) atoms. The summed E-state index contributed by atoms with van der Waals surface area (Å²) in [6.45, 7) is 0. The summed E-state index contributed by atoms with van der Waals surface area (Å²) in [5, 5.41) is 1.20. The van der Waals surface area contributed by atoms with Crippen molar-refractivity contribution in [2.75, 3.05) is 0 Å². The molecule has 5 aromatic rings. The maximum atomic E-state index is 4.94. The van der Waals surface area contributed by atoms with Crippen LogP contribution in [0.5, 0.6) is 0 Å². The predicted molar refractivity (Wildman–Crippen MR) is 140 cm³/mol. The van der Waals surface area contributed by atoms with Gasteiger partial charge in [-0.1, -0.05) is 54.6 Å². The summed E-state index contributed by atoms with van der Waals surface area (Å²) in [6, 6.07) is 39.9. The number of aliphatic imine (C=N–C) groups is 1. The number of nitrogens with one attached hydrogen (secondary N) is 1. The fraction of sp³-hybridized carbons (Fsp3) is 0. The number of pyridine rings is 1. The van der Waals surface area contributed by atoms with Crippen LogP contribution in [0.15, 0.2) is 133 Å². The minimum atomic E-state index is 0.852. The number of fused-ring (bicyclic) bond motifs is 1. The number of aromatic amines is 1. The van der Waals surface area contributed by atoms with Crippen molar-refractivity contribution < 1.29 is 4.98 Å². The quantitative estimate of drug-likeness (QED) is 0.271. The fourth-order valence-corrected chi connectivity index (χ4v) is 4.35. The second-order valence-electron chi connectivity index (χ2n) is 8.28. The van der Waals surface area contributed by atoms with Crippen LogP contribution >= 0.6 is 0 Å².